The number of nitrogens with one attached hydrogen (secondary N) is 1. The van der Waals surface area contributed by atoms with E-state index in [4.69, 9.17) is 14.2 Å². The molecule has 0 aromatic heterocycles. The van der Waals surface area contributed by atoms with Crippen LogP contribution in [-0.4, -0.2) is 108 Å². The predicted molar refractivity (Wildman–Crippen MR) is 210 cm³/mol. The summed E-state index contributed by atoms with van der Waals surface area (Å²) < 4.78 is 18.5. The number of ether oxygens (including phenoxy) is 3. The van der Waals surface area contributed by atoms with Crippen LogP contribution in [0.5, 0.6) is 0 Å². The van der Waals surface area contributed by atoms with Gasteiger partial charge >= 0.3 is 5.97 Å². The summed E-state index contributed by atoms with van der Waals surface area (Å²) in [5, 5.41) is 13.4. The Balaban J connectivity index is 1.52. The monoisotopic (exact) mass is 808 g/mol. The van der Waals surface area contributed by atoms with Crippen LogP contribution < -0.4 is 15.1 Å². The number of carbonyl (C=O) groups excluding carboxylic acids is 4. The molecule has 2 aromatic carbocycles. The van der Waals surface area contributed by atoms with Crippen LogP contribution >= 0.6 is 15.9 Å². The van der Waals surface area contributed by atoms with Gasteiger partial charge in [0, 0.05) is 49.4 Å². The second-order valence-corrected chi connectivity index (χ2v) is 15.3. The Hall–Kier alpha value is -4.04. The van der Waals surface area contributed by atoms with Gasteiger partial charge in [-0.25, -0.2) is 0 Å². The van der Waals surface area contributed by atoms with Crippen molar-refractivity contribution in [1.82, 2.24) is 10.2 Å². The molecule has 5 rings (SSSR count). The van der Waals surface area contributed by atoms with E-state index in [-0.39, 0.29) is 36.7 Å². The molecular weight excluding hydrogens is 756 g/mol. The van der Waals surface area contributed by atoms with Crippen LogP contribution in [0.4, 0.5) is 11.4 Å². The molecule has 3 aliphatic heterocycles. The molecule has 54 heavy (non-hydrogen) atoms. The molecule has 1 unspecified atom stereocenters. The number of fused-ring (bicyclic) bond motifs is 1. The van der Waals surface area contributed by atoms with Gasteiger partial charge in [-0.05, 0) is 63.4 Å². The minimum Gasteiger partial charge on any atom is -0.455 e. The number of likely N-dealkylation sites (tertiary alicyclic amines) is 1. The molecular formula is C41H53BrN4O8. The van der Waals surface area contributed by atoms with Crippen molar-refractivity contribution in [3.8, 4) is 0 Å². The van der Waals surface area contributed by atoms with Gasteiger partial charge in [-0.1, -0.05) is 58.4 Å². The van der Waals surface area contributed by atoms with Crippen molar-refractivity contribution in [2.75, 3.05) is 49.8 Å². The van der Waals surface area contributed by atoms with Crippen LogP contribution in [0.2, 0.25) is 0 Å². The summed E-state index contributed by atoms with van der Waals surface area (Å²) in [6, 6.07) is 14.0. The molecule has 292 valence electrons. The maximum absolute atomic E-state index is 15.0. The average molecular weight is 810 g/mol. The Labute approximate surface area is 326 Å². The second-order valence-electron chi connectivity index (χ2n) is 14.1. The van der Waals surface area contributed by atoms with E-state index in [1.807, 2.05) is 30.3 Å². The Kier molecular flexibility index (Phi) is 13.8. The average Bonchev–Trinajstić information content (AvgIpc) is 3.78. The smallest absolute Gasteiger partial charge is 0.313 e. The van der Waals surface area contributed by atoms with E-state index in [1.54, 1.807) is 48.2 Å². The number of halogens is 1. The molecule has 2 aromatic rings. The first kappa shape index (κ1) is 41.1. The molecule has 3 fully saturated rings. The van der Waals surface area contributed by atoms with Gasteiger partial charge in [0.15, 0.2) is 0 Å². The third kappa shape index (κ3) is 7.87. The molecule has 9 atom stereocenters. The third-order valence-corrected chi connectivity index (χ3v) is 11.7. The summed E-state index contributed by atoms with van der Waals surface area (Å²) in [6.07, 6.45) is 2.46. The lowest BCUT2D eigenvalue weighted by Gasteiger charge is -2.38. The Morgan fingerprint density at radius 1 is 1.09 bits per heavy atom. The SMILES string of the molecule is C=CCCC(=O)N[C@H](COC)[C@H](OC(=O)[C@H]1[C@@H]2O[C@@]3(CC2Br)[C@@H]1C(=O)N([C@H](C)CO)[C@@H]3C(=O)N(CC=C)c1ccc(N(CC)CC)cc1)c1ccccc1. The van der Waals surface area contributed by atoms with Crippen molar-refractivity contribution in [2.45, 2.75) is 80.8 Å². The van der Waals surface area contributed by atoms with Gasteiger partial charge in [0.1, 0.15) is 17.7 Å². The van der Waals surface area contributed by atoms with Gasteiger partial charge < -0.3 is 39.3 Å². The molecule has 12 nitrogen and oxygen atoms in total. The summed E-state index contributed by atoms with van der Waals surface area (Å²) in [5.41, 5.74) is 0.857. The summed E-state index contributed by atoms with van der Waals surface area (Å²) in [6.45, 7) is 14.9. The highest BCUT2D eigenvalue weighted by atomic mass is 79.9. The highest BCUT2D eigenvalue weighted by Crippen LogP contribution is 2.61. The highest BCUT2D eigenvalue weighted by molar-refractivity contribution is 9.09. The molecule has 2 N–H and O–H groups in total. The van der Waals surface area contributed by atoms with Crippen LogP contribution in [0.3, 0.4) is 0 Å². The van der Waals surface area contributed by atoms with Crippen molar-refractivity contribution < 1.29 is 38.5 Å². The van der Waals surface area contributed by atoms with Gasteiger partial charge in [0.2, 0.25) is 11.8 Å². The van der Waals surface area contributed by atoms with Gasteiger partial charge in [0.25, 0.3) is 5.91 Å². The number of aliphatic hydroxyl groups is 1. The number of hydrogen-bond acceptors (Lipinski definition) is 9. The lowest BCUT2D eigenvalue weighted by molar-refractivity contribution is -0.163. The molecule has 3 amide bonds. The number of methoxy groups -OCH3 is 1. The van der Waals surface area contributed by atoms with Crippen molar-refractivity contribution in [3.63, 3.8) is 0 Å². The van der Waals surface area contributed by atoms with Crippen molar-refractivity contribution in [1.29, 1.82) is 0 Å². The van der Waals surface area contributed by atoms with Crippen molar-refractivity contribution in [2.24, 2.45) is 11.8 Å². The Morgan fingerprint density at radius 2 is 1.76 bits per heavy atom. The molecule has 0 aliphatic carbocycles. The summed E-state index contributed by atoms with van der Waals surface area (Å²) in [7, 11) is 1.50. The van der Waals surface area contributed by atoms with Crippen molar-refractivity contribution in [3.05, 3.63) is 85.5 Å². The largest absolute Gasteiger partial charge is 0.455 e. The predicted octanol–water partition coefficient (Wildman–Crippen LogP) is 4.56. The minimum atomic E-state index is -1.40. The maximum Gasteiger partial charge on any atom is 0.313 e. The first-order chi connectivity index (χ1) is 26.0. The van der Waals surface area contributed by atoms with E-state index in [0.29, 0.717) is 17.7 Å². The molecule has 1 spiro atoms. The number of esters is 1. The molecule has 3 saturated heterocycles. The number of amides is 3. The number of benzene rings is 2. The quantitative estimate of drug-likeness (QED) is 0.119. The third-order valence-electron chi connectivity index (χ3n) is 10.8. The first-order valence-corrected chi connectivity index (χ1v) is 19.6. The Morgan fingerprint density at radius 3 is 2.35 bits per heavy atom. The lowest BCUT2D eigenvalue weighted by Crippen LogP contribution is -2.58. The lowest BCUT2D eigenvalue weighted by atomic mass is 9.70. The first-order valence-electron chi connectivity index (χ1n) is 18.7. The van der Waals surface area contributed by atoms with Crippen molar-refractivity contribution >= 4 is 51.0 Å². The van der Waals surface area contributed by atoms with E-state index < -0.39 is 72.2 Å². The van der Waals surface area contributed by atoms with Gasteiger partial charge in [-0.3, -0.25) is 19.2 Å². The number of alkyl halides is 1. The molecule has 13 heteroatoms. The fraction of sp³-hybridized carbons (Fsp3) is 0.512. The number of carbonyl (C=O) groups is 4. The fourth-order valence-electron chi connectivity index (χ4n) is 8.34. The van der Waals surface area contributed by atoms with Gasteiger partial charge in [0.05, 0.1) is 43.2 Å². The topological polar surface area (TPSA) is 138 Å². The molecule has 0 saturated carbocycles. The van der Waals surface area contributed by atoms with Gasteiger partial charge in [-0.15, -0.1) is 13.2 Å². The maximum atomic E-state index is 15.0. The number of rotatable bonds is 19. The van der Waals surface area contributed by atoms with Crippen LogP contribution in [0.1, 0.15) is 51.7 Å². The number of aliphatic hydroxyl groups excluding tert-OH is 1. The number of anilines is 2. The number of nitrogens with zero attached hydrogens (tertiary/aromatic N) is 3. The zero-order valence-corrected chi connectivity index (χ0v) is 33.2. The standard InChI is InChI=1S/C41H53BrN4O8/c1-7-11-17-32(48)43-31(25-52-6)35(27-15-13-12-14-16-27)53-40(51)33-34-38(49)46(26(5)24-47)37(41(34)23-30(42)36(33)54-41)39(50)45(22-8-2)29-20-18-28(19-21-29)44(9-3)10-4/h7-8,12-16,18-21,26,30-31,33-37,47H,1-2,9-11,17,22-25H2,3-6H3,(H,43,48)/t26-,30?,31-,33-,34+,35-,36-,37-,41+/m1/s1. The minimum absolute atomic E-state index is 0.0397. The van der Waals surface area contributed by atoms with E-state index in [0.717, 1.165) is 18.8 Å². The summed E-state index contributed by atoms with van der Waals surface area (Å²) in [5.74, 6) is -3.98. The van der Waals surface area contributed by atoms with E-state index in [1.165, 1.54) is 12.0 Å². The van der Waals surface area contributed by atoms with E-state index in [2.05, 4.69) is 53.2 Å². The van der Waals surface area contributed by atoms with Crippen LogP contribution in [0, 0.1) is 11.8 Å². The molecule has 2 bridgehead atoms. The summed E-state index contributed by atoms with van der Waals surface area (Å²) >= 11 is 3.73. The summed E-state index contributed by atoms with van der Waals surface area (Å²) in [4.78, 5) is 62.0. The highest BCUT2D eigenvalue weighted by Gasteiger charge is 2.77. The number of hydrogen-bond donors (Lipinski definition) is 2. The zero-order chi connectivity index (χ0) is 39.2. The zero-order valence-electron chi connectivity index (χ0n) is 31.6. The van der Waals surface area contributed by atoms with Crippen LogP contribution in [-0.2, 0) is 33.4 Å². The van der Waals surface area contributed by atoms with Crippen LogP contribution in [0.25, 0.3) is 0 Å². The molecule has 0 radical (unpaired) electrons. The molecule has 3 heterocycles. The number of allylic oxidation sites excluding steroid dienone is 1. The Bertz CT molecular complexity index is 1660. The normalized spacial score (nSPS) is 25.7. The van der Waals surface area contributed by atoms with E-state index in [9.17, 15) is 24.3 Å². The molecule has 3 aliphatic rings. The fourth-order valence-corrected chi connectivity index (χ4v) is 9.28. The van der Waals surface area contributed by atoms with E-state index >= 15 is 0 Å². The van der Waals surface area contributed by atoms with Crippen LogP contribution in [0.15, 0.2) is 79.9 Å². The second kappa shape index (κ2) is 18.1. The van der Waals surface area contributed by atoms with Gasteiger partial charge in [-0.2, -0.15) is 0 Å².